The number of amides is 1. The summed E-state index contributed by atoms with van der Waals surface area (Å²) in [5.41, 5.74) is 3.26. The van der Waals surface area contributed by atoms with E-state index in [4.69, 9.17) is 0 Å². The minimum Gasteiger partial charge on any atom is -0.369 e. The topological polar surface area (TPSA) is 83.9 Å². The SMILES string of the molecule is C[C@H](NC(=O)[C@H]1CCCN(c2cnc3nccnc3c2)C1)c1ccccn1. The predicted molar refractivity (Wildman–Crippen MR) is 103 cm³/mol. The second-order valence-electron chi connectivity index (χ2n) is 6.86. The van der Waals surface area contributed by atoms with Crippen LogP contribution in [0.4, 0.5) is 5.69 Å². The number of rotatable bonds is 4. The average Bonchev–Trinajstić information content (AvgIpc) is 2.74. The average molecular weight is 362 g/mol. The highest BCUT2D eigenvalue weighted by Gasteiger charge is 2.27. The van der Waals surface area contributed by atoms with Gasteiger partial charge in [0.1, 0.15) is 5.52 Å². The molecule has 0 radical (unpaired) electrons. The summed E-state index contributed by atoms with van der Waals surface area (Å²) in [7, 11) is 0. The van der Waals surface area contributed by atoms with Crippen LogP contribution in [0.25, 0.3) is 11.2 Å². The number of anilines is 1. The van der Waals surface area contributed by atoms with E-state index < -0.39 is 0 Å². The molecule has 138 valence electrons. The normalized spacial score (nSPS) is 18.3. The van der Waals surface area contributed by atoms with Crippen LogP contribution in [0.3, 0.4) is 0 Å². The quantitative estimate of drug-likeness (QED) is 0.768. The summed E-state index contributed by atoms with van der Waals surface area (Å²) < 4.78 is 0. The van der Waals surface area contributed by atoms with Crippen molar-refractivity contribution in [1.29, 1.82) is 0 Å². The van der Waals surface area contributed by atoms with Crippen LogP contribution in [0, 0.1) is 5.92 Å². The molecular weight excluding hydrogens is 340 g/mol. The molecule has 3 aromatic heterocycles. The Kier molecular flexibility index (Phi) is 4.91. The van der Waals surface area contributed by atoms with E-state index in [-0.39, 0.29) is 17.9 Å². The van der Waals surface area contributed by atoms with Crippen molar-refractivity contribution >= 4 is 22.8 Å². The van der Waals surface area contributed by atoms with Crippen LogP contribution >= 0.6 is 0 Å². The Morgan fingerprint density at radius 3 is 2.93 bits per heavy atom. The maximum Gasteiger partial charge on any atom is 0.225 e. The number of hydrogen-bond donors (Lipinski definition) is 1. The zero-order valence-electron chi connectivity index (χ0n) is 15.2. The number of hydrogen-bond acceptors (Lipinski definition) is 6. The minimum atomic E-state index is -0.105. The Labute approximate surface area is 157 Å². The van der Waals surface area contributed by atoms with Crippen molar-refractivity contribution in [2.75, 3.05) is 18.0 Å². The van der Waals surface area contributed by atoms with Gasteiger partial charge in [-0.3, -0.25) is 14.8 Å². The zero-order valence-corrected chi connectivity index (χ0v) is 15.2. The number of carbonyl (C=O) groups is 1. The molecule has 0 spiro atoms. The number of piperidine rings is 1. The lowest BCUT2D eigenvalue weighted by atomic mass is 9.96. The van der Waals surface area contributed by atoms with Gasteiger partial charge in [0.05, 0.1) is 29.5 Å². The number of nitrogens with zero attached hydrogens (tertiary/aromatic N) is 5. The van der Waals surface area contributed by atoms with E-state index in [0.717, 1.165) is 36.3 Å². The molecule has 1 amide bonds. The van der Waals surface area contributed by atoms with E-state index in [1.54, 1.807) is 18.6 Å². The van der Waals surface area contributed by atoms with Crippen LogP contribution in [0.1, 0.15) is 31.5 Å². The highest BCUT2D eigenvalue weighted by atomic mass is 16.2. The molecule has 7 heteroatoms. The molecule has 3 aromatic rings. The first-order chi connectivity index (χ1) is 13.2. The smallest absolute Gasteiger partial charge is 0.225 e. The highest BCUT2D eigenvalue weighted by molar-refractivity contribution is 5.80. The largest absolute Gasteiger partial charge is 0.369 e. The van der Waals surface area contributed by atoms with Gasteiger partial charge < -0.3 is 10.2 Å². The predicted octanol–water partition coefficient (Wildman–Crippen LogP) is 2.51. The molecule has 1 N–H and O–H groups in total. The fourth-order valence-electron chi connectivity index (χ4n) is 3.48. The van der Waals surface area contributed by atoms with Gasteiger partial charge in [-0.05, 0) is 38.0 Å². The molecule has 2 atom stereocenters. The Morgan fingerprint density at radius 1 is 1.19 bits per heavy atom. The van der Waals surface area contributed by atoms with Gasteiger partial charge in [0.25, 0.3) is 0 Å². The van der Waals surface area contributed by atoms with E-state index >= 15 is 0 Å². The Morgan fingerprint density at radius 2 is 2.07 bits per heavy atom. The monoisotopic (exact) mass is 362 g/mol. The third kappa shape index (κ3) is 3.86. The van der Waals surface area contributed by atoms with Gasteiger partial charge in [-0.1, -0.05) is 6.07 Å². The van der Waals surface area contributed by atoms with Crippen molar-refractivity contribution in [2.24, 2.45) is 5.92 Å². The number of pyridine rings is 2. The molecule has 4 rings (SSSR count). The van der Waals surface area contributed by atoms with E-state index in [2.05, 4.69) is 30.2 Å². The molecule has 27 heavy (non-hydrogen) atoms. The van der Waals surface area contributed by atoms with E-state index in [1.165, 1.54) is 0 Å². The summed E-state index contributed by atoms with van der Waals surface area (Å²) in [4.78, 5) is 32.2. The second kappa shape index (κ2) is 7.65. The third-order valence-electron chi connectivity index (χ3n) is 4.96. The van der Waals surface area contributed by atoms with Crippen molar-refractivity contribution in [2.45, 2.75) is 25.8 Å². The molecule has 1 aliphatic heterocycles. The van der Waals surface area contributed by atoms with Gasteiger partial charge >= 0.3 is 0 Å². The summed E-state index contributed by atoms with van der Waals surface area (Å²) in [5.74, 6) is 0.0221. The molecule has 0 aliphatic carbocycles. The highest BCUT2D eigenvalue weighted by Crippen LogP contribution is 2.25. The van der Waals surface area contributed by atoms with E-state index in [0.29, 0.717) is 12.2 Å². The molecule has 4 heterocycles. The molecule has 7 nitrogen and oxygen atoms in total. The maximum atomic E-state index is 12.8. The molecule has 0 aromatic carbocycles. The fourth-order valence-corrected chi connectivity index (χ4v) is 3.48. The fraction of sp³-hybridized carbons (Fsp3) is 0.350. The van der Waals surface area contributed by atoms with Crippen LogP contribution < -0.4 is 10.2 Å². The van der Waals surface area contributed by atoms with E-state index in [1.807, 2.05) is 37.4 Å². The molecule has 1 aliphatic rings. The first-order valence-corrected chi connectivity index (χ1v) is 9.24. The number of carbonyl (C=O) groups excluding carboxylic acids is 1. The van der Waals surface area contributed by atoms with Crippen molar-refractivity contribution in [3.63, 3.8) is 0 Å². The van der Waals surface area contributed by atoms with Crippen LogP contribution in [-0.4, -0.2) is 38.9 Å². The lowest BCUT2D eigenvalue weighted by Crippen LogP contribution is -2.43. The van der Waals surface area contributed by atoms with E-state index in [9.17, 15) is 4.79 Å². The van der Waals surface area contributed by atoms with Crippen LogP contribution in [0.2, 0.25) is 0 Å². The number of nitrogens with one attached hydrogen (secondary N) is 1. The molecular formula is C20H22N6O. The summed E-state index contributed by atoms with van der Waals surface area (Å²) in [6, 6.07) is 7.63. The lowest BCUT2D eigenvalue weighted by Gasteiger charge is -2.34. The standard InChI is InChI=1S/C20H22N6O/c1-14(17-6-2-3-7-21-17)25-20(27)15-5-4-10-26(13-15)16-11-18-19(24-12-16)23-9-8-22-18/h2-3,6-9,11-12,14-15H,4-5,10,13H2,1H3,(H,25,27)/t14-,15-/m0/s1. The Balaban J connectivity index is 1.44. The van der Waals surface area contributed by atoms with Crippen molar-refractivity contribution in [3.05, 3.63) is 54.7 Å². The van der Waals surface area contributed by atoms with Crippen molar-refractivity contribution in [1.82, 2.24) is 25.3 Å². The van der Waals surface area contributed by atoms with Crippen molar-refractivity contribution in [3.8, 4) is 0 Å². The van der Waals surface area contributed by atoms with Crippen molar-refractivity contribution < 1.29 is 4.79 Å². The van der Waals surface area contributed by atoms with Crippen LogP contribution in [0.5, 0.6) is 0 Å². The molecule has 0 unspecified atom stereocenters. The molecule has 0 bridgehead atoms. The number of fused-ring (bicyclic) bond motifs is 1. The van der Waals surface area contributed by atoms with Gasteiger partial charge in [-0.15, -0.1) is 0 Å². The second-order valence-corrected chi connectivity index (χ2v) is 6.86. The maximum absolute atomic E-state index is 12.8. The Hall–Kier alpha value is -3.09. The minimum absolute atomic E-state index is 0.0533. The van der Waals surface area contributed by atoms with Gasteiger partial charge in [0.15, 0.2) is 5.65 Å². The van der Waals surface area contributed by atoms with Crippen LogP contribution in [0.15, 0.2) is 49.1 Å². The molecule has 0 saturated carbocycles. The zero-order chi connectivity index (χ0) is 18.6. The third-order valence-corrected chi connectivity index (χ3v) is 4.96. The summed E-state index contributed by atoms with van der Waals surface area (Å²) in [6.45, 7) is 3.55. The van der Waals surface area contributed by atoms with Gasteiger partial charge in [-0.2, -0.15) is 0 Å². The van der Waals surface area contributed by atoms with Gasteiger partial charge in [0.2, 0.25) is 5.91 Å². The van der Waals surface area contributed by atoms with Gasteiger partial charge in [-0.25, -0.2) is 9.97 Å². The van der Waals surface area contributed by atoms with Crippen LogP contribution in [-0.2, 0) is 4.79 Å². The summed E-state index contributed by atoms with van der Waals surface area (Å²) in [6.07, 6.45) is 8.72. The summed E-state index contributed by atoms with van der Waals surface area (Å²) >= 11 is 0. The number of aromatic nitrogens is 4. The first kappa shape index (κ1) is 17.3. The summed E-state index contributed by atoms with van der Waals surface area (Å²) in [5, 5.41) is 3.10. The first-order valence-electron chi connectivity index (χ1n) is 9.24. The lowest BCUT2D eigenvalue weighted by molar-refractivity contribution is -0.125. The Bertz CT molecular complexity index is 932. The van der Waals surface area contributed by atoms with Gasteiger partial charge in [0, 0.05) is 31.7 Å². The molecule has 1 fully saturated rings. The molecule has 1 saturated heterocycles.